The smallest absolute Gasteiger partial charge is 0.408 e. The van der Waals surface area contributed by atoms with Crippen LogP contribution < -0.4 is 5.32 Å². The van der Waals surface area contributed by atoms with Gasteiger partial charge in [0.2, 0.25) is 0 Å². The number of fused-ring (bicyclic) bond motifs is 1. The molecule has 0 aliphatic carbocycles. The van der Waals surface area contributed by atoms with Crippen LogP contribution in [0.3, 0.4) is 0 Å². The highest BCUT2D eigenvalue weighted by molar-refractivity contribution is 6.13. The maximum absolute atomic E-state index is 13.1. The van der Waals surface area contributed by atoms with Crippen molar-refractivity contribution in [2.24, 2.45) is 0 Å². The van der Waals surface area contributed by atoms with E-state index >= 15 is 0 Å². The number of alkyl halides is 3. The Morgan fingerprint density at radius 2 is 1.85 bits per heavy atom. The largest absolute Gasteiger partial charge is 0.481 e. The molecule has 3 rings (SSSR count). The molecule has 0 fully saturated rings. The summed E-state index contributed by atoms with van der Waals surface area (Å²) in [5.74, 6) is -1.51. The number of carbonyl (C=O) groups excluding carboxylic acids is 1. The maximum atomic E-state index is 13.1. The Kier molecular flexibility index (Phi) is 4.71. The van der Waals surface area contributed by atoms with Crippen molar-refractivity contribution < 1.29 is 27.9 Å². The van der Waals surface area contributed by atoms with E-state index in [1.807, 2.05) is 0 Å². The van der Waals surface area contributed by atoms with E-state index in [1.54, 1.807) is 36.4 Å². The van der Waals surface area contributed by atoms with Gasteiger partial charge in [0.1, 0.15) is 6.04 Å². The number of carbonyl (C=O) groups is 2. The molecule has 2 aromatic rings. The number of benzene rings is 2. The van der Waals surface area contributed by atoms with Crippen molar-refractivity contribution in [3.05, 3.63) is 64.7 Å². The van der Waals surface area contributed by atoms with Crippen molar-refractivity contribution in [3.8, 4) is 0 Å². The molecule has 7 heteroatoms. The molecule has 0 bridgehead atoms. The summed E-state index contributed by atoms with van der Waals surface area (Å²) in [5, 5.41) is 11.5. The number of rotatable bonds is 4. The molecule has 1 aliphatic heterocycles. The minimum atomic E-state index is -4.43. The predicted molar refractivity (Wildman–Crippen MR) is 89.4 cm³/mol. The Labute approximate surface area is 147 Å². The summed E-state index contributed by atoms with van der Waals surface area (Å²) in [5.41, 5.74) is 1.46. The number of hydrogen-bond acceptors (Lipinski definition) is 3. The van der Waals surface area contributed by atoms with Crippen LogP contribution in [0, 0.1) is 0 Å². The summed E-state index contributed by atoms with van der Waals surface area (Å²) in [7, 11) is 0. The number of aryl methyl sites for hydroxylation is 1. The zero-order chi connectivity index (χ0) is 18.9. The third-order valence-corrected chi connectivity index (χ3v) is 4.33. The third-order valence-electron chi connectivity index (χ3n) is 4.33. The monoisotopic (exact) mass is 363 g/mol. The topological polar surface area (TPSA) is 66.4 Å². The van der Waals surface area contributed by atoms with Crippen LogP contribution in [-0.4, -0.2) is 29.1 Å². The van der Waals surface area contributed by atoms with Crippen LogP contribution in [0.5, 0.6) is 0 Å². The van der Waals surface area contributed by atoms with E-state index in [0.717, 1.165) is 0 Å². The molecular formula is C19H16F3NO3. The number of anilines is 1. The van der Waals surface area contributed by atoms with Crippen LogP contribution in [0.25, 0.3) is 0 Å². The molecule has 1 unspecified atom stereocenters. The number of hydrogen-bond donors (Lipinski definition) is 2. The molecule has 1 heterocycles. The van der Waals surface area contributed by atoms with Gasteiger partial charge in [-0.25, -0.2) is 0 Å². The standard InChI is InChI=1S/C19H16F3NO3/c20-19(21,22)15-7-6-13-8-11(10-16(24)25)9-14(17(13)23-15)18(26)12-4-2-1-3-5-12/h1-5,8-9,15,23H,6-7,10H2,(H,24,25). The quantitative estimate of drug-likeness (QED) is 0.810. The summed E-state index contributed by atoms with van der Waals surface area (Å²) in [4.78, 5) is 23.9. The lowest BCUT2D eigenvalue weighted by molar-refractivity contribution is -0.144. The molecule has 2 N–H and O–H groups in total. The number of carboxylic acids is 1. The lowest BCUT2D eigenvalue weighted by Crippen LogP contribution is -2.39. The number of aliphatic carboxylic acids is 1. The Balaban J connectivity index is 2.08. The highest BCUT2D eigenvalue weighted by atomic mass is 19.4. The summed E-state index contributed by atoms with van der Waals surface area (Å²) in [6.07, 6.45) is -4.77. The molecule has 0 saturated heterocycles. The first-order valence-electron chi connectivity index (χ1n) is 8.06. The van der Waals surface area contributed by atoms with Crippen molar-refractivity contribution in [3.63, 3.8) is 0 Å². The lowest BCUT2D eigenvalue weighted by atomic mass is 9.89. The molecule has 0 amide bonds. The van der Waals surface area contributed by atoms with Crippen molar-refractivity contribution in [2.75, 3.05) is 5.32 Å². The zero-order valence-corrected chi connectivity index (χ0v) is 13.6. The number of carboxylic acid groups (broad SMARTS) is 1. The first kappa shape index (κ1) is 18.0. The maximum Gasteiger partial charge on any atom is 0.408 e. The predicted octanol–water partition coefficient (Wildman–Crippen LogP) is 3.83. The van der Waals surface area contributed by atoms with Gasteiger partial charge in [-0.2, -0.15) is 13.2 Å². The lowest BCUT2D eigenvalue weighted by Gasteiger charge is -2.30. The molecule has 0 radical (unpaired) electrons. The van der Waals surface area contributed by atoms with E-state index in [1.165, 1.54) is 6.07 Å². The first-order valence-corrected chi connectivity index (χ1v) is 8.06. The second-order valence-electron chi connectivity index (χ2n) is 6.22. The summed E-state index contributed by atoms with van der Waals surface area (Å²) >= 11 is 0. The molecule has 2 aromatic carbocycles. The molecule has 1 aliphatic rings. The molecule has 26 heavy (non-hydrogen) atoms. The fraction of sp³-hybridized carbons (Fsp3) is 0.263. The number of halogens is 3. The highest BCUT2D eigenvalue weighted by Crippen LogP contribution is 2.36. The van der Waals surface area contributed by atoms with Gasteiger partial charge in [0, 0.05) is 16.8 Å². The summed E-state index contributed by atoms with van der Waals surface area (Å²) in [6, 6.07) is 9.39. The van der Waals surface area contributed by atoms with Crippen molar-refractivity contribution in [1.29, 1.82) is 0 Å². The van der Waals surface area contributed by atoms with Crippen molar-refractivity contribution >= 4 is 17.4 Å². The van der Waals surface area contributed by atoms with E-state index in [-0.39, 0.29) is 30.5 Å². The van der Waals surface area contributed by atoms with E-state index in [9.17, 15) is 22.8 Å². The van der Waals surface area contributed by atoms with E-state index < -0.39 is 24.0 Å². The van der Waals surface area contributed by atoms with Crippen LogP contribution in [0.15, 0.2) is 42.5 Å². The van der Waals surface area contributed by atoms with Gasteiger partial charge >= 0.3 is 12.1 Å². The van der Waals surface area contributed by atoms with Gasteiger partial charge in [-0.3, -0.25) is 9.59 Å². The van der Waals surface area contributed by atoms with Gasteiger partial charge in [-0.15, -0.1) is 0 Å². The minimum Gasteiger partial charge on any atom is -0.481 e. The molecule has 136 valence electrons. The molecule has 0 saturated carbocycles. The Hall–Kier alpha value is -2.83. The molecule has 0 spiro atoms. The van der Waals surface area contributed by atoms with Gasteiger partial charge in [0.25, 0.3) is 0 Å². The summed E-state index contributed by atoms with van der Waals surface area (Å²) < 4.78 is 39.4. The second kappa shape index (κ2) is 6.82. The van der Waals surface area contributed by atoms with Crippen LogP contribution in [0.2, 0.25) is 0 Å². The average molecular weight is 363 g/mol. The van der Waals surface area contributed by atoms with Gasteiger partial charge in [-0.1, -0.05) is 36.4 Å². The van der Waals surface area contributed by atoms with Gasteiger partial charge in [-0.05, 0) is 30.0 Å². The molecular weight excluding hydrogens is 347 g/mol. The van der Waals surface area contributed by atoms with Crippen LogP contribution in [-0.2, 0) is 17.6 Å². The Bertz CT molecular complexity index is 847. The van der Waals surface area contributed by atoms with E-state index in [4.69, 9.17) is 5.11 Å². The second-order valence-corrected chi connectivity index (χ2v) is 6.22. The SMILES string of the molecule is O=C(O)Cc1cc2c(c(C(=O)c3ccccc3)c1)NC(C(F)(F)F)CC2. The molecule has 0 aromatic heterocycles. The molecule has 4 nitrogen and oxygen atoms in total. The van der Waals surface area contributed by atoms with E-state index in [2.05, 4.69) is 5.32 Å². The van der Waals surface area contributed by atoms with Gasteiger partial charge in [0.05, 0.1) is 6.42 Å². The number of nitrogens with one attached hydrogen (secondary N) is 1. The fourth-order valence-corrected chi connectivity index (χ4v) is 3.13. The van der Waals surface area contributed by atoms with Crippen LogP contribution in [0.4, 0.5) is 18.9 Å². The Morgan fingerprint density at radius 3 is 2.46 bits per heavy atom. The van der Waals surface area contributed by atoms with E-state index in [0.29, 0.717) is 16.7 Å². The third kappa shape index (κ3) is 3.71. The van der Waals surface area contributed by atoms with Crippen LogP contribution in [0.1, 0.15) is 33.5 Å². The van der Waals surface area contributed by atoms with Gasteiger partial charge in [0.15, 0.2) is 5.78 Å². The number of ketones is 1. The fourth-order valence-electron chi connectivity index (χ4n) is 3.13. The summed E-state index contributed by atoms with van der Waals surface area (Å²) in [6.45, 7) is 0. The molecule has 1 atom stereocenters. The van der Waals surface area contributed by atoms with Crippen molar-refractivity contribution in [1.82, 2.24) is 0 Å². The first-order chi connectivity index (χ1) is 12.3. The highest BCUT2D eigenvalue weighted by Gasteiger charge is 2.42. The zero-order valence-electron chi connectivity index (χ0n) is 13.6. The minimum absolute atomic E-state index is 0.0684. The normalized spacial score (nSPS) is 16.5. The Morgan fingerprint density at radius 1 is 1.15 bits per heavy atom. The van der Waals surface area contributed by atoms with Gasteiger partial charge < -0.3 is 10.4 Å². The van der Waals surface area contributed by atoms with Crippen LogP contribution >= 0.6 is 0 Å². The van der Waals surface area contributed by atoms with Crippen molar-refractivity contribution in [2.45, 2.75) is 31.5 Å². The average Bonchev–Trinajstić information content (AvgIpc) is 2.59.